The fraction of sp³-hybridized carbons (Fsp3) is 0.364. The van der Waals surface area contributed by atoms with Crippen molar-refractivity contribution >= 4 is 23.1 Å². The molecule has 0 fully saturated rings. The van der Waals surface area contributed by atoms with Crippen molar-refractivity contribution in [3.8, 4) is 0 Å². The van der Waals surface area contributed by atoms with E-state index in [-0.39, 0.29) is 22.8 Å². The van der Waals surface area contributed by atoms with Gasteiger partial charge in [-0.15, -0.1) is 0 Å². The third-order valence-electron chi connectivity index (χ3n) is 2.44. The highest BCUT2D eigenvalue weighted by Gasteiger charge is 2.32. The first-order chi connectivity index (χ1) is 9.30. The van der Waals surface area contributed by atoms with Crippen molar-refractivity contribution in [1.82, 2.24) is 0 Å². The Hall–Kier alpha value is -1.67. The zero-order valence-corrected chi connectivity index (χ0v) is 11.0. The van der Waals surface area contributed by atoms with Crippen molar-refractivity contribution in [2.24, 2.45) is 10.9 Å². The first-order valence-corrected chi connectivity index (χ1v) is 5.87. The smallest absolute Gasteiger partial charge is 0.405 e. The second-order valence-corrected chi connectivity index (χ2v) is 4.29. The molecule has 0 aliphatic heterocycles. The van der Waals surface area contributed by atoms with Crippen LogP contribution in [-0.4, -0.2) is 42.0 Å². The summed E-state index contributed by atoms with van der Waals surface area (Å²) in [5.41, 5.74) is 5.45. The molecule has 1 aromatic carbocycles. The topological polar surface area (TPSA) is 82.1 Å². The van der Waals surface area contributed by atoms with Crippen LogP contribution in [0, 0.1) is 0 Å². The summed E-state index contributed by atoms with van der Waals surface area (Å²) in [5.74, 6) is -0.407. The zero-order chi connectivity index (χ0) is 15.3. The molecule has 0 atom stereocenters. The van der Waals surface area contributed by atoms with Gasteiger partial charge in [0.2, 0.25) is 0 Å². The van der Waals surface area contributed by atoms with Gasteiger partial charge >= 0.3 is 6.18 Å². The third-order valence-corrected chi connectivity index (χ3v) is 2.75. The Labute approximate surface area is 118 Å². The van der Waals surface area contributed by atoms with Crippen molar-refractivity contribution in [2.75, 3.05) is 24.6 Å². The normalized spacial score (nSPS) is 12.6. The van der Waals surface area contributed by atoms with Gasteiger partial charge in [0.1, 0.15) is 6.54 Å². The number of hydrogen-bond donors (Lipinski definition) is 3. The largest absolute Gasteiger partial charge is 0.409 e. The van der Waals surface area contributed by atoms with Crippen LogP contribution in [0.3, 0.4) is 0 Å². The first kappa shape index (κ1) is 16.4. The molecule has 0 saturated heterocycles. The Balaban J connectivity index is 3.29. The van der Waals surface area contributed by atoms with E-state index in [4.69, 9.17) is 27.6 Å². The van der Waals surface area contributed by atoms with Crippen molar-refractivity contribution < 1.29 is 23.5 Å². The molecular formula is C11H13ClF3N3O2. The predicted molar refractivity (Wildman–Crippen MR) is 69.3 cm³/mol. The van der Waals surface area contributed by atoms with Gasteiger partial charge in [-0.1, -0.05) is 22.8 Å². The number of nitrogens with zero attached hydrogens (tertiary/aromatic N) is 2. The predicted octanol–water partition coefficient (Wildman–Crippen LogP) is 1.80. The minimum absolute atomic E-state index is 0.0191. The molecule has 9 heteroatoms. The minimum Gasteiger partial charge on any atom is -0.409 e. The lowest BCUT2D eigenvalue weighted by Gasteiger charge is -2.27. The van der Waals surface area contributed by atoms with Crippen LogP contribution in [0.1, 0.15) is 5.56 Å². The summed E-state index contributed by atoms with van der Waals surface area (Å²) < 4.78 is 37.7. The summed E-state index contributed by atoms with van der Waals surface area (Å²) in [6, 6.07) is 4.19. The monoisotopic (exact) mass is 311 g/mol. The van der Waals surface area contributed by atoms with Gasteiger partial charge in [-0.25, -0.2) is 0 Å². The zero-order valence-electron chi connectivity index (χ0n) is 10.2. The van der Waals surface area contributed by atoms with Gasteiger partial charge in [-0.2, -0.15) is 13.2 Å². The average Bonchev–Trinajstić information content (AvgIpc) is 2.35. The number of amidine groups is 1. The van der Waals surface area contributed by atoms with Gasteiger partial charge in [-0.3, -0.25) is 0 Å². The Bertz CT molecular complexity index is 494. The summed E-state index contributed by atoms with van der Waals surface area (Å²) in [4.78, 5) is 0.860. The van der Waals surface area contributed by atoms with E-state index in [1.807, 2.05) is 0 Å². The van der Waals surface area contributed by atoms with Crippen LogP contribution in [0.2, 0.25) is 5.02 Å². The van der Waals surface area contributed by atoms with Crippen LogP contribution in [0.15, 0.2) is 23.4 Å². The van der Waals surface area contributed by atoms with E-state index in [9.17, 15) is 13.2 Å². The number of hydrogen-bond acceptors (Lipinski definition) is 4. The number of nitrogens with two attached hydrogens (primary N) is 1. The molecule has 1 aromatic rings. The number of oxime groups is 1. The molecule has 20 heavy (non-hydrogen) atoms. The average molecular weight is 312 g/mol. The molecule has 0 spiro atoms. The minimum atomic E-state index is -4.47. The Kier molecular flexibility index (Phi) is 5.46. The highest BCUT2D eigenvalue weighted by atomic mass is 35.5. The van der Waals surface area contributed by atoms with Crippen LogP contribution in [0.25, 0.3) is 0 Å². The molecule has 0 amide bonds. The molecule has 0 heterocycles. The Morgan fingerprint density at radius 1 is 1.40 bits per heavy atom. The van der Waals surface area contributed by atoms with Crippen LogP contribution >= 0.6 is 11.6 Å². The highest BCUT2D eigenvalue weighted by Crippen LogP contribution is 2.29. The van der Waals surface area contributed by atoms with Gasteiger partial charge < -0.3 is 20.9 Å². The molecule has 4 N–H and O–H groups in total. The lowest BCUT2D eigenvalue weighted by atomic mass is 10.1. The molecule has 0 bridgehead atoms. The van der Waals surface area contributed by atoms with Gasteiger partial charge in [0.15, 0.2) is 5.84 Å². The summed E-state index contributed by atoms with van der Waals surface area (Å²) in [5, 5.41) is 20.4. The third kappa shape index (κ3) is 4.17. The number of halogens is 4. The molecule has 5 nitrogen and oxygen atoms in total. The Morgan fingerprint density at radius 3 is 2.55 bits per heavy atom. The van der Waals surface area contributed by atoms with Crippen molar-refractivity contribution in [1.29, 1.82) is 0 Å². The molecule has 0 saturated carbocycles. The number of aliphatic hydroxyl groups is 1. The SMILES string of the molecule is N/C(=N/O)c1c(Cl)cccc1N(CCO)CC(F)(F)F. The maximum atomic E-state index is 12.6. The van der Waals surface area contributed by atoms with E-state index < -0.39 is 25.2 Å². The van der Waals surface area contributed by atoms with Crippen LogP contribution in [0.4, 0.5) is 18.9 Å². The number of anilines is 1. The van der Waals surface area contributed by atoms with E-state index in [0.717, 1.165) is 4.90 Å². The molecule has 1 rings (SSSR count). The maximum absolute atomic E-state index is 12.6. The summed E-state index contributed by atoms with van der Waals surface area (Å²) in [7, 11) is 0. The second kappa shape index (κ2) is 6.67. The van der Waals surface area contributed by atoms with E-state index in [0.29, 0.717) is 0 Å². The molecule has 0 unspecified atom stereocenters. The Morgan fingerprint density at radius 2 is 2.05 bits per heavy atom. The standard InChI is InChI=1S/C11H13ClF3N3O2/c12-7-2-1-3-8(9(7)10(16)17-20)18(4-5-19)6-11(13,14)15/h1-3,19-20H,4-6H2,(H2,16,17). The van der Waals surface area contributed by atoms with Gasteiger partial charge in [0.25, 0.3) is 0 Å². The van der Waals surface area contributed by atoms with E-state index >= 15 is 0 Å². The summed E-state index contributed by atoms with van der Waals surface area (Å²) >= 11 is 5.88. The second-order valence-electron chi connectivity index (χ2n) is 3.88. The van der Waals surface area contributed by atoms with Gasteiger partial charge in [0, 0.05) is 12.2 Å². The quantitative estimate of drug-likeness (QED) is 0.335. The fourth-order valence-electron chi connectivity index (χ4n) is 1.70. The number of rotatable bonds is 5. The highest BCUT2D eigenvalue weighted by molar-refractivity contribution is 6.34. The summed E-state index contributed by atoms with van der Waals surface area (Å²) in [6.45, 7) is -2.05. The molecule has 0 aliphatic rings. The lowest BCUT2D eigenvalue weighted by molar-refractivity contribution is -0.119. The van der Waals surface area contributed by atoms with Gasteiger partial charge in [-0.05, 0) is 12.1 Å². The van der Waals surface area contributed by atoms with Crippen molar-refractivity contribution in [3.05, 3.63) is 28.8 Å². The number of aliphatic hydroxyl groups excluding tert-OH is 1. The molecule has 0 aromatic heterocycles. The van der Waals surface area contributed by atoms with Crippen molar-refractivity contribution in [3.63, 3.8) is 0 Å². The number of alkyl halides is 3. The summed E-state index contributed by atoms with van der Waals surface area (Å²) in [6.07, 6.45) is -4.47. The maximum Gasteiger partial charge on any atom is 0.405 e. The molecule has 0 aliphatic carbocycles. The van der Waals surface area contributed by atoms with E-state index in [1.165, 1.54) is 18.2 Å². The molecule has 112 valence electrons. The van der Waals surface area contributed by atoms with Gasteiger partial charge in [0.05, 0.1) is 17.2 Å². The number of benzene rings is 1. The van der Waals surface area contributed by atoms with E-state index in [1.54, 1.807) is 0 Å². The van der Waals surface area contributed by atoms with E-state index in [2.05, 4.69) is 5.16 Å². The van der Waals surface area contributed by atoms with Crippen LogP contribution in [0.5, 0.6) is 0 Å². The molecular weight excluding hydrogens is 299 g/mol. The fourth-order valence-corrected chi connectivity index (χ4v) is 1.97. The molecule has 0 radical (unpaired) electrons. The first-order valence-electron chi connectivity index (χ1n) is 5.49. The lowest BCUT2D eigenvalue weighted by Crippen LogP contribution is -2.37. The van der Waals surface area contributed by atoms with Crippen molar-refractivity contribution in [2.45, 2.75) is 6.18 Å². The van der Waals surface area contributed by atoms with Crippen LogP contribution in [-0.2, 0) is 0 Å². The van der Waals surface area contributed by atoms with Crippen LogP contribution < -0.4 is 10.6 Å².